The Balaban J connectivity index is 1.67. The van der Waals surface area contributed by atoms with E-state index in [0.717, 1.165) is 35.6 Å². The molecule has 2 N–H and O–H groups in total. The van der Waals surface area contributed by atoms with Crippen LogP contribution in [0.25, 0.3) is 22.1 Å². The van der Waals surface area contributed by atoms with Crippen molar-refractivity contribution in [1.29, 1.82) is 0 Å². The normalized spacial score (nSPS) is 12.0. The number of hydrogen-bond acceptors (Lipinski definition) is 4. The summed E-state index contributed by atoms with van der Waals surface area (Å²) in [6, 6.07) is 13.6. The van der Waals surface area contributed by atoms with E-state index in [0.29, 0.717) is 30.9 Å². The minimum atomic E-state index is -1.11. The summed E-state index contributed by atoms with van der Waals surface area (Å²) in [4.78, 5) is 26.9. The quantitative estimate of drug-likeness (QED) is 0.428. The molecule has 0 saturated carbocycles. The van der Waals surface area contributed by atoms with E-state index in [1.165, 1.54) is 0 Å². The summed E-state index contributed by atoms with van der Waals surface area (Å²) in [6.07, 6.45) is 4.72. The first-order chi connectivity index (χ1) is 14.1. The monoisotopic (exact) mass is 394 g/mol. The van der Waals surface area contributed by atoms with Crippen molar-refractivity contribution in [2.45, 2.75) is 51.5 Å². The Kier molecular flexibility index (Phi) is 7.00. The highest BCUT2D eigenvalue weighted by molar-refractivity contribution is 5.86. The largest absolute Gasteiger partial charge is 0.465 e. The Hall–Kier alpha value is -3.15. The summed E-state index contributed by atoms with van der Waals surface area (Å²) in [7, 11) is 0. The van der Waals surface area contributed by atoms with Crippen LogP contribution in [0.2, 0.25) is 0 Å². The highest BCUT2D eigenvalue weighted by atomic mass is 16.4. The van der Waals surface area contributed by atoms with Crippen molar-refractivity contribution in [2.75, 3.05) is 0 Å². The lowest BCUT2D eigenvalue weighted by Crippen LogP contribution is -2.27. The summed E-state index contributed by atoms with van der Waals surface area (Å²) in [6.45, 7) is 1.87. The van der Waals surface area contributed by atoms with Crippen LogP contribution < -0.4 is 5.32 Å². The molecule has 6 heteroatoms. The van der Waals surface area contributed by atoms with Gasteiger partial charge >= 0.3 is 6.09 Å². The molecule has 1 heterocycles. The molecule has 1 atom stereocenters. The second kappa shape index (κ2) is 9.87. The van der Waals surface area contributed by atoms with Crippen molar-refractivity contribution in [1.82, 2.24) is 10.3 Å². The number of ketones is 1. The molecular weight excluding hydrogens is 368 g/mol. The lowest BCUT2D eigenvalue weighted by Gasteiger charge is -2.13. The number of oxazole rings is 1. The summed E-state index contributed by atoms with van der Waals surface area (Å²) >= 11 is 0. The maximum Gasteiger partial charge on any atom is 0.405 e. The van der Waals surface area contributed by atoms with Crippen LogP contribution in [0.3, 0.4) is 0 Å². The molecule has 0 saturated heterocycles. The molecule has 2 aromatic carbocycles. The number of unbranched alkanes of at least 4 members (excludes halogenated alkanes) is 2. The van der Waals surface area contributed by atoms with Gasteiger partial charge in [-0.15, -0.1) is 0 Å². The summed E-state index contributed by atoms with van der Waals surface area (Å²) in [5, 5.41) is 13.9. The molecule has 0 radical (unpaired) electrons. The first-order valence-corrected chi connectivity index (χ1v) is 10.0. The number of rotatable bonds is 10. The Labute approximate surface area is 170 Å². The smallest absolute Gasteiger partial charge is 0.405 e. The predicted molar refractivity (Wildman–Crippen MR) is 112 cm³/mol. The van der Waals surface area contributed by atoms with E-state index >= 15 is 0 Å². The van der Waals surface area contributed by atoms with Gasteiger partial charge in [0.05, 0.1) is 6.20 Å². The number of carboxylic acid groups (broad SMARTS) is 1. The maximum atomic E-state index is 11.4. The number of nitrogens with one attached hydrogen (secondary N) is 1. The molecule has 29 heavy (non-hydrogen) atoms. The van der Waals surface area contributed by atoms with Crippen LogP contribution in [0.4, 0.5) is 4.79 Å². The highest BCUT2D eigenvalue weighted by Crippen LogP contribution is 2.28. The molecule has 0 spiro atoms. The number of carbonyl (C=O) groups excluding carboxylic acids is 1. The topological polar surface area (TPSA) is 92.4 Å². The molecule has 1 amide bonds. The van der Waals surface area contributed by atoms with Gasteiger partial charge in [0.2, 0.25) is 5.89 Å². The fourth-order valence-corrected chi connectivity index (χ4v) is 3.36. The first-order valence-electron chi connectivity index (χ1n) is 10.0. The Morgan fingerprint density at radius 1 is 1.10 bits per heavy atom. The number of carbonyl (C=O) groups is 2. The van der Waals surface area contributed by atoms with E-state index in [2.05, 4.69) is 10.3 Å². The molecule has 0 aliphatic rings. The maximum absolute atomic E-state index is 11.4. The number of benzene rings is 2. The van der Waals surface area contributed by atoms with Gasteiger partial charge in [0.15, 0.2) is 5.76 Å². The number of amides is 1. The van der Waals surface area contributed by atoms with Crippen molar-refractivity contribution in [3.8, 4) is 11.3 Å². The van der Waals surface area contributed by atoms with Gasteiger partial charge in [0, 0.05) is 18.4 Å². The molecular formula is C23H26N2O4. The highest BCUT2D eigenvalue weighted by Gasteiger charge is 2.20. The van der Waals surface area contributed by atoms with Gasteiger partial charge in [0.25, 0.3) is 0 Å². The first kappa shape index (κ1) is 20.6. The minimum absolute atomic E-state index is 0.262. The van der Waals surface area contributed by atoms with Crippen LogP contribution in [-0.2, 0) is 4.79 Å². The van der Waals surface area contributed by atoms with Crippen molar-refractivity contribution >= 4 is 22.6 Å². The zero-order chi connectivity index (χ0) is 20.6. The predicted octanol–water partition coefficient (Wildman–Crippen LogP) is 5.73. The van der Waals surface area contributed by atoms with Gasteiger partial charge in [-0.3, -0.25) is 4.79 Å². The van der Waals surface area contributed by atoms with Gasteiger partial charge in [-0.2, -0.15) is 0 Å². The fraction of sp³-hybridized carbons (Fsp3) is 0.348. The average Bonchev–Trinajstić information content (AvgIpc) is 3.22. The molecule has 0 aliphatic heterocycles. The fourth-order valence-electron chi connectivity index (χ4n) is 3.36. The van der Waals surface area contributed by atoms with Crippen LogP contribution in [-0.4, -0.2) is 22.0 Å². The van der Waals surface area contributed by atoms with Crippen molar-refractivity contribution in [3.63, 3.8) is 0 Å². The second-order valence-corrected chi connectivity index (χ2v) is 7.12. The number of Topliss-reactive ketones (excluding diaryl/α,β-unsaturated/α-hetero) is 1. The molecule has 3 rings (SSSR count). The average molecular weight is 394 g/mol. The lowest BCUT2D eigenvalue weighted by atomic mass is 10.1. The van der Waals surface area contributed by atoms with E-state index in [1.54, 1.807) is 6.20 Å². The van der Waals surface area contributed by atoms with Gasteiger partial charge in [-0.25, -0.2) is 9.78 Å². The molecule has 1 aromatic heterocycles. The molecule has 0 aliphatic carbocycles. The zero-order valence-electron chi connectivity index (χ0n) is 16.6. The van der Waals surface area contributed by atoms with Gasteiger partial charge < -0.3 is 14.8 Å². The lowest BCUT2D eigenvalue weighted by molar-refractivity contribution is -0.118. The number of aromatic nitrogens is 1. The Bertz CT molecular complexity index is 980. The van der Waals surface area contributed by atoms with E-state index in [4.69, 9.17) is 9.52 Å². The van der Waals surface area contributed by atoms with E-state index in [9.17, 15) is 9.59 Å². The molecule has 3 aromatic rings. The van der Waals surface area contributed by atoms with Crippen LogP contribution in [0.1, 0.15) is 57.4 Å². The van der Waals surface area contributed by atoms with E-state index < -0.39 is 12.1 Å². The summed E-state index contributed by atoms with van der Waals surface area (Å²) < 4.78 is 5.90. The van der Waals surface area contributed by atoms with Crippen LogP contribution in [0.15, 0.2) is 53.1 Å². The third kappa shape index (κ3) is 5.67. The molecule has 152 valence electrons. The summed E-state index contributed by atoms with van der Waals surface area (Å²) in [5.74, 6) is 1.23. The number of fused-ring (bicyclic) bond motifs is 1. The zero-order valence-corrected chi connectivity index (χ0v) is 16.6. The Morgan fingerprint density at radius 2 is 1.90 bits per heavy atom. The van der Waals surface area contributed by atoms with Crippen LogP contribution in [0, 0.1) is 0 Å². The molecule has 6 nitrogen and oxygen atoms in total. The van der Waals surface area contributed by atoms with E-state index in [-0.39, 0.29) is 5.78 Å². The minimum Gasteiger partial charge on any atom is -0.465 e. The SMILES string of the molecule is CCC(=O)CCCCC[C@H](NC(=O)O)c1ncc(-c2ccc3ccccc3c2)o1. The van der Waals surface area contributed by atoms with Gasteiger partial charge in [-0.05, 0) is 29.7 Å². The van der Waals surface area contributed by atoms with Gasteiger partial charge in [-0.1, -0.05) is 56.2 Å². The van der Waals surface area contributed by atoms with Crippen molar-refractivity contribution in [3.05, 3.63) is 54.6 Å². The third-order valence-corrected chi connectivity index (χ3v) is 5.00. The van der Waals surface area contributed by atoms with Crippen LogP contribution >= 0.6 is 0 Å². The molecule has 0 fully saturated rings. The second-order valence-electron chi connectivity index (χ2n) is 7.12. The van der Waals surface area contributed by atoms with E-state index in [1.807, 2.05) is 49.4 Å². The standard InChI is InChI=1S/C23H26N2O4/c1-2-19(26)10-4-3-5-11-20(25-23(27)28)22-24-15-21(29-22)18-13-12-16-8-6-7-9-17(16)14-18/h6-9,12-15,20,25H,2-5,10-11H2,1H3,(H,27,28)/t20-/m0/s1. The third-order valence-electron chi connectivity index (χ3n) is 5.00. The van der Waals surface area contributed by atoms with Gasteiger partial charge in [0.1, 0.15) is 11.8 Å². The molecule has 0 bridgehead atoms. The number of nitrogens with zero attached hydrogens (tertiary/aromatic N) is 1. The number of hydrogen-bond donors (Lipinski definition) is 2. The van der Waals surface area contributed by atoms with Crippen molar-refractivity contribution < 1.29 is 19.1 Å². The summed E-state index contributed by atoms with van der Waals surface area (Å²) in [5.41, 5.74) is 0.898. The molecule has 0 unspecified atom stereocenters. The van der Waals surface area contributed by atoms with Crippen molar-refractivity contribution in [2.24, 2.45) is 0 Å². The Morgan fingerprint density at radius 3 is 2.66 bits per heavy atom. The van der Waals surface area contributed by atoms with Crippen LogP contribution in [0.5, 0.6) is 0 Å².